The Labute approximate surface area is 124 Å². The molecule has 1 aromatic heterocycles. The summed E-state index contributed by atoms with van der Waals surface area (Å²) in [5.41, 5.74) is 6.49. The van der Waals surface area contributed by atoms with E-state index >= 15 is 0 Å². The van der Waals surface area contributed by atoms with Gasteiger partial charge in [-0.3, -0.25) is 0 Å². The standard InChI is InChI=1S/C15H10ClF2N3/c16-9-3-1-4-10(7-9)21-8-13(19)15(20-21)14-11(17)5-2-6-12(14)18/h1-8H,19H2. The molecule has 0 spiro atoms. The SMILES string of the molecule is Nc1cn(-c2cccc(Cl)c2)nc1-c1c(F)cccc1F. The maximum Gasteiger partial charge on any atom is 0.135 e. The van der Waals surface area contributed by atoms with Crippen LogP contribution in [0.15, 0.2) is 48.7 Å². The third kappa shape index (κ3) is 2.48. The van der Waals surface area contributed by atoms with Gasteiger partial charge in [-0.15, -0.1) is 0 Å². The number of halogens is 3. The van der Waals surface area contributed by atoms with E-state index in [-0.39, 0.29) is 16.9 Å². The normalized spacial score (nSPS) is 10.8. The molecule has 0 radical (unpaired) electrons. The van der Waals surface area contributed by atoms with E-state index in [4.69, 9.17) is 17.3 Å². The highest BCUT2D eigenvalue weighted by molar-refractivity contribution is 6.30. The molecular formula is C15H10ClF2N3. The van der Waals surface area contributed by atoms with Crippen LogP contribution in [0.4, 0.5) is 14.5 Å². The minimum absolute atomic E-state index is 0.0607. The lowest BCUT2D eigenvalue weighted by molar-refractivity contribution is 0.588. The van der Waals surface area contributed by atoms with Gasteiger partial charge in [-0.2, -0.15) is 5.10 Å². The Balaban J connectivity index is 2.15. The van der Waals surface area contributed by atoms with Gasteiger partial charge in [0.15, 0.2) is 0 Å². The molecule has 0 saturated heterocycles. The number of benzene rings is 2. The molecule has 0 aliphatic heterocycles. The zero-order valence-corrected chi connectivity index (χ0v) is 11.5. The van der Waals surface area contributed by atoms with E-state index in [1.165, 1.54) is 16.9 Å². The van der Waals surface area contributed by atoms with E-state index in [0.717, 1.165) is 12.1 Å². The van der Waals surface area contributed by atoms with E-state index in [2.05, 4.69) is 5.10 Å². The molecule has 6 heteroatoms. The van der Waals surface area contributed by atoms with E-state index in [1.807, 2.05) is 0 Å². The number of nitrogens with zero attached hydrogens (tertiary/aromatic N) is 2. The first-order chi connectivity index (χ1) is 10.1. The van der Waals surface area contributed by atoms with Crippen LogP contribution in [-0.2, 0) is 0 Å². The fourth-order valence-corrected chi connectivity index (χ4v) is 2.24. The third-order valence-corrected chi connectivity index (χ3v) is 3.25. The highest BCUT2D eigenvalue weighted by Gasteiger charge is 2.17. The van der Waals surface area contributed by atoms with Crippen LogP contribution < -0.4 is 5.73 Å². The number of nitrogens with two attached hydrogens (primary N) is 1. The molecule has 0 bridgehead atoms. The Kier molecular flexibility index (Phi) is 3.35. The van der Waals surface area contributed by atoms with Crippen molar-refractivity contribution in [3.05, 3.63) is 65.3 Å². The molecule has 3 aromatic rings. The maximum absolute atomic E-state index is 13.8. The number of hydrogen-bond acceptors (Lipinski definition) is 2. The van der Waals surface area contributed by atoms with Crippen molar-refractivity contribution in [2.75, 3.05) is 5.73 Å². The molecule has 0 aliphatic carbocycles. The summed E-state index contributed by atoms with van der Waals surface area (Å²) in [6.45, 7) is 0. The monoisotopic (exact) mass is 305 g/mol. The van der Waals surface area contributed by atoms with Crippen LogP contribution in [0.25, 0.3) is 16.9 Å². The maximum atomic E-state index is 13.8. The third-order valence-electron chi connectivity index (χ3n) is 3.01. The molecule has 3 nitrogen and oxygen atoms in total. The van der Waals surface area contributed by atoms with Gasteiger partial charge >= 0.3 is 0 Å². The largest absolute Gasteiger partial charge is 0.396 e. The van der Waals surface area contributed by atoms with Crippen molar-refractivity contribution in [3.8, 4) is 16.9 Å². The average molecular weight is 306 g/mol. The molecule has 0 aliphatic rings. The van der Waals surface area contributed by atoms with Crippen LogP contribution in [0.3, 0.4) is 0 Å². The van der Waals surface area contributed by atoms with Gasteiger partial charge in [-0.1, -0.05) is 23.7 Å². The van der Waals surface area contributed by atoms with Crippen molar-refractivity contribution in [2.45, 2.75) is 0 Å². The van der Waals surface area contributed by atoms with Crippen molar-refractivity contribution in [1.29, 1.82) is 0 Å². The van der Waals surface area contributed by atoms with Crippen molar-refractivity contribution < 1.29 is 8.78 Å². The molecule has 1 heterocycles. The van der Waals surface area contributed by atoms with Gasteiger partial charge in [0, 0.05) is 5.02 Å². The molecule has 0 saturated carbocycles. The summed E-state index contributed by atoms with van der Waals surface area (Å²) < 4.78 is 29.1. The Hall–Kier alpha value is -2.40. The molecule has 0 amide bonds. The lowest BCUT2D eigenvalue weighted by atomic mass is 10.1. The predicted molar refractivity (Wildman–Crippen MR) is 78.3 cm³/mol. The van der Waals surface area contributed by atoms with Gasteiger partial charge in [-0.25, -0.2) is 13.5 Å². The summed E-state index contributed by atoms with van der Waals surface area (Å²) in [4.78, 5) is 0. The number of hydrogen-bond donors (Lipinski definition) is 1. The number of nitrogen functional groups attached to an aromatic ring is 1. The Morgan fingerprint density at radius 1 is 1.05 bits per heavy atom. The molecule has 0 fully saturated rings. The second kappa shape index (κ2) is 5.18. The zero-order valence-electron chi connectivity index (χ0n) is 10.7. The van der Waals surface area contributed by atoms with Crippen LogP contribution in [0, 0.1) is 11.6 Å². The van der Waals surface area contributed by atoms with Gasteiger partial charge in [0.05, 0.1) is 23.1 Å². The zero-order chi connectivity index (χ0) is 15.0. The van der Waals surface area contributed by atoms with Gasteiger partial charge in [0.2, 0.25) is 0 Å². The summed E-state index contributed by atoms with van der Waals surface area (Å²) in [6.07, 6.45) is 1.49. The second-order valence-corrected chi connectivity index (χ2v) is 4.89. The topological polar surface area (TPSA) is 43.8 Å². The number of anilines is 1. The van der Waals surface area contributed by atoms with E-state index in [0.29, 0.717) is 10.7 Å². The highest BCUT2D eigenvalue weighted by Crippen LogP contribution is 2.30. The smallest absolute Gasteiger partial charge is 0.135 e. The molecule has 106 valence electrons. The van der Waals surface area contributed by atoms with Crippen LogP contribution in [0.2, 0.25) is 5.02 Å². The van der Waals surface area contributed by atoms with Crippen molar-refractivity contribution >= 4 is 17.3 Å². The summed E-state index contributed by atoms with van der Waals surface area (Å²) in [5, 5.41) is 4.69. The highest BCUT2D eigenvalue weighted by atomic mass is 35.5. The van der Waals surface area contributed by atoms with Crippen molar-refractivity contribution in [3.63, 3.8) is 0 Å². The van der Waals surface area contributed by atoms with Gasteiger partial charge in [-0.05, 0) is 30.3 Å². The lowest BCUT2D eigenvalue weighted by Crippen LogP contribution is -1.96. The first-order valence-corrected chi connectivity index (χ1v) is 6.49. The molecule has 0 unspecified atom stereocenters. The molecule has 3 rings (SSSR count). The van der Waals surface area contributed by atoms with E-state index in [9.17, 15) is 8.78 Å². The van der Waals surface area contributed by atoms with Gasteiger partial charge in [0.1, 0.15) is 17.3 Å². The van der Waals surface area contributed by atoms with E-state index < -0.39 is 11.6 Å². The van der Waals surface area contributed by atoms with Gasteiger partial charge in [0.25, 0.3) is 0 Å². The molecule has 21 heavy (non-hydrogen) atoms. The first kappa shape index (κ1) is 13.6. The van der Waals surface area contributed by atoms with Crippen LogP contribution >= 0.6 is 11.6 Å². The fraction of sp³-hybridized carbons (Fsp3) is 0. The summed E-state index contributed by atoms with van der Waals surface area (Å²) in [6, 6.07) is 10.5. The van der Waals surface area contributed by atoms with Crippen LogP contribution in [0.5, 0.6) is 0 Å². The molecule has 0 atom stereocenters. The van der Waals surface area contributed by atoms with Crippen LogP contribution in [0.1, 0.15) is 0 Å². The molecule has 2 aromatic carbocycles. The number of aromatic nitrogens is 2. The lowest BCUT2D eigenvalue weighted by Gasteiger charge is -2.03. The quantitative estimate of drug-likeness (QED) is 0.776. The first-order valence-electron chi connectivity index (χ1n) is 6.12. The Morgan fingerprint density at radius 3 is 2.38 bits per heavy atom. The summed E-state index contributed by atoms with van der Waals surface area (Å²) >= 11 is 5.92. The number of rotatable bonds is 2. The van der Waals surface area contributed by atoms with E-state index in [1.54, 1.807) is 24.3 Å². The average Bonchev–Trinajstić information content (AvgIpc) is 2.81. The fourth-order valence-electron chi connectivity index (χ4n) is 2.06. The predicted octanol–water partition coefficient (Wildman–Crippen LogP) is 4.05. The second-order valence-electron chi connectivity index (χ2n) is 4.45. The van der Waals surface area contributed by atoms with Gasteiger partial charge < -0.3 is 5.73 Å². The summed E-state index contributed by atoms with van der Waals surface area (Å²) in [7, 11) is 0. The summed E-state index contributed by atoms with van der Waals surface area (Å²) in [5.74, 6) is -1.42. The van der Waals surface area contributed by atoms with Crippen LogP contribution in [-0.4, -0.2) is 9.78 Å². The minimum atomic E-state index is -0.710. The Morgan fingerprint density at radius 2 is 1.71 bits per heavy atom. The Bertz CT molecular complexity index is 794. The van der Waals surface area contributed by atoms with Crippen molar-refractivity contribution in [2.24, 2.45) is 0 Å². The van der Waals surface area contributed by atoms with Crippen molar-refractivity contribution in [1.82, 2.24) is 9.78 Å². The molecule has 2 N–H and O–H groups in total. The molecular weight excluding hydrogens is 296 g/mol. The minimum Gasteiger partial charge on any atom is -0.396 e.